The van der Waals surface area contributed by atoms with Crippen LogP contribution in [0.5, 0.6) is 0 Å². The van der Waals surface area contributed by atoms with Crippen molar-refractivity contribution in [2.24, 2.45) is 0 Å². The van der Waals surface area contributed by atoms with Gasteiger partial charge in [0.15, 0.2) is 0 Å². The zero-order valence-electron chi connectivity index (χ0n) is 13.9. The van der Waals surface area contributed by atoms with E-state index in [9.17, 15) is 0 Å². The van der Waals surface area contributed by atoms with Crippen LogP contribution in [-0.2, 0) is 0 Å². The highest BCUT2D eigenvalue weighted by Crippen LogP contribution is 2.24. The smallest absolute Gasteiger partial charge is 0.117 e. The van der Waals surface area contributed by atoms with E-state index in [0.29, 0.717) is 0 Å². The minimum Gasteiger partial charge on any atom is -0.117 e. The normalized spacial score (nSPS) is 11.3. The molecular weight excluding hydrogens is 260 g/mol. The van der Waals surface area contributed by atoms with Crippen LogP contribution in [0.1, 0.15) is 41.5 Å². The van der Waals surface area contributed by atoms with Crippen molar-refractivity contribution in [3.63, 3.8) is 0 Å². The number of hydrogen-bond acceptors (Lipinski definition) is 0. The highest BCUT2D eigenvalue weighted by Gasteiger charge is 2.25. The molecule has 19 heavy (non-hydrogen) atoms. The van der Waals surface area contributed by atoms with Gasteiger partial charge >= 0.3 is 0 Å². The Bertz CT molecular complexity index is 338. The lowest BCUT2D eigenvalue weighted by molar-refractivity contribution is 1.15. The summed E-state index contributed by atoms with van der Waals surface area (Å²) in [4.78, 5) is 0. The van der Waals surface area contributed by atoms with Crippen molar-refractivity contribution in [3.05, 3.63) is 0 Å². The second kappa shape index (κ2) is 9.46. The van der Waals surface area contributed by atoms with Gasteiger partial charge in [-0.15, -0.1) is 5.54 Å². The van der Waals surface area contributed by atoms with Gasteiger partial charge in [-0.2, -0.15) is 0 Å². The molecule has 0 aliphatic carbocycles. The van der Waals surface area contributed by atoms with Crippen molar-refractivity contribution in [3.8, 4) is 23.3 Å². The highest BCUT2D eigenvalue weighted by molar-refractivity contribution is 6.87. The molecule has 0 saturated heterocycles. The first-order valence-corrected chi connectivity index (χ1v) is 13.5. The van der Waals surface area contributed by atoms with Gasteiger partial charge < -0.3 is 0 Å². The molecule has 0 bridgehead atoms. The Hall–Kier alpha value is -0.446. The van der Waals surface area contributed by atoms with E-state index < -0.39 is 16.1 Å². The maximum atomic E-state index is 3.55. The second-order valence-electron chi connectivity index (χ2n) is 5.63. The van der Waals surface area contributed by atoms with Crippen molar-refractivity contribution in [2.45, 2.75) is 83.9 Å². The van der Waals surface area contributed by atoms with E-state index in [4.69, 9.17) is 0 Å². The summed E-state index contributed by atoms with van der Waals surface area (Å²) in [6.45, 7) is 13.9. The van der Waals surface area contributed by atoms with E-state index in [1.54, 1.807) is 0 Å². The molecule has 0 aromatic carbocycles. The third-order valence-electron chi connectivity index (χ3n) is 5.22. The van der Waals surface area contributed by atoms with Crippen LogP contribution in [-0.4, -0.2) is 16.1 Å². The average Bonchev–Trinajstić information content (AvgIpc) is 2.48. The van der Waals surface area contributed by atoms with Crippen LogP contribution in [0.15, 0.2) is 0 Å². The fourth-order valence-corrected chi connectivity index (χ4v) is 7.65. The lowest BCUT2D eigenvalue weighted by Crippen LogP contribution is -2.30. The van der Waals surface area contributed by atoms with Crippen molar-refractivity contribution in [1.82, 2.24) is 0 Å². The lowest BCUT2D eigenvalue weighted by Gasteiger charge is -2.24. The Morgan fingerprint density at radius 2 is 1.11 bits per heavy atom. The summed E-state index contributed by atoms with van der Waals surface area (Å²) in [6.07, 6.45) is 0. The monoisotopic (exact) mass is 292 g/mol. The predicted octanol–water partition coefficient (Wildman–Crippen LogP) is 5.55. The molecule has 0 N–H and O–H groups in total. The molecule has 0 heterocycles. The maximum absolute atomic E-state index is 3.55. The van der Waals surface area contributed by atoms with Crippen molar-refractivity contribution < 1.29 is 0 Å². The zero-order chi connectivity index (χ0) is 14.8. The Kier molecular flexibility index (Phi) is 9.23. The summed E-state index contributed by atoms with van der Waals surface area (Å²) in [5.41, 5.74) is 3.55. The third-order valence-corrected chi connectivity index (χ3v) is 15.4. The van der Waals surface area contributed by atoms with E-state index >= 15 is 0 Å². The standard InChI is InChI=1S/C17H32Si2/c1-7-18(8-2,9-3)16-14-13-15-17-19(10-4,11-5)12-6/h7-12,16H2,1-6H3. The largest absolute Gasteiger partial charge is 0.139 e. The minimum absolute atomic E-state index is 1.07. The molecule has 0 saturated carbocycles. The molecule has 0 amide bonds. The molecule has 0 rings (SSSR count). The second-order valence-corrected chi connectivity index (χ2v) is 16.0. The fourth-order valence-electron chi connectivity index (χ4n) is 2.58. The quantitative estimate of drug-likeness (QED) is 0.426. The zero-order valence-corrected chi connectivity index (χ0v) is 15.9. The molecule has 0 unspecified atom stereocenters. The van der Waals surface area contributed by atoms with Crippen LogP contribution in [0.3, 0.4) is 0 Å². The molecule has 0 aromatic rings. The first-order valence-electron chi connectivity index (χ1n) is 8.07. The van der Waals surface area contributed by atoms with Gasteiger partial charge in [-0.25, -0.2) is 0 Å². The van der Waals surface area contributed by atoms with Gasteiger partial charge in [-0.3, -0.25) is 0 Å². The van der Waals surface area contributed by atoms with Gasteiger partial charge in [0.05, 0.1) is 8.07 Å². The van der Waals surface area contributed by atoms with Gasteiger partial charge in [0.1, 0.15) is 8.07 Å². The maximum Gasteiger partial charge on any atom is 0.139 e. The Balaban J connectivity index is 4.72. The molecule has 0 aromatic heterocycles. The molecule has 0 nitrogen and oxygen atoms in total. The highest BCUT2D eigenvalue weighted by atomic mass is 28.3. The summed E-state index contributed by atoms with van der Waals surface area (Å²) >= 11 is 0. The van der Waals surface area contributed by atoms with Crippen LogP contribution in [0.4, 0.5) is 0 Å². The van der Waals surface area contributed by atoms with Gasteiger partial charge in [0.2, 0.25) is 0 Å². The average molecular weight is 293 g/mol. The summed E-state index contributed by atoms with van der Waals surface area (Å²) in [7, 11) is -2.36. The molecular formula is C17H32Si2. The lowest BCUT2D eigenvalue weighted by atomic mass is 10.6. The molecule has 0 aliphatic heterocycles. The Labute approximate surface area is 123 Å². The molecule has 2 heteroatoms. The number of hydrogen-bond donors (Lipinski definition) is 0. The Morgan fingerprint density at radius 3 is 1.47 bits per heavy atom. The van der Waals surface area contributed by atoms with E-state index in [-0.39, 0.29) is 0 Å². The molecule has 0 aliphatic rings. The van der Waals surface area contributed by atoms with Crippen LogP contribution >= 0.6 is 0 Å². The molecule has 0 fully saturated rings. The van der Waals surface area contributed by atoms with Crippen LogP contribution in [0, 0.1) is 23.3 Å². The molecule has 0 spiro atoms. The van der Waals surface area contributed by atoms with E-state index in [1.807, 2.05) is 0 Å². The first kappa shape index (κ1) is 18.6. The minimum atomic E-state index is -1.29. The van der Waals surface area contributed by atoms with Crippen LogP contribution in [0.2, 0.25) is 42.3 Å². The van der Waals surface area contributed by atoms with Crippen molar-refractivity contribution in [2.75, 3.05) is 0 Å². The number of rotatable bonds is 7. The Morgan fingerprint density at radius 1 is 0.632 bits per heavy atom. The topological polar surface area (TPSA) is 0 Å². The molecule has 108 valence electrons. The predicted molar refractivity (Wildman–Crippen MR) is 94.8 cm³/mol. The summed E-state index contributed by atoms with van der Waals surface area (Å²) in [5, 5.41) is 0. The summed E-state index contributed by atoms with van der Waals surface area (Å²) in [5.74, 6) is 9.74. The van der Waals surface area contributed by atoms with E-state index in [0.717, 1.165) is 6.04 Å². The van der Waals surface area contributed by atoms with Crippen LogP contribution < -0.4 is 0 Å². The van der Waals surface area contributed by atoms with Gasteiger partial charge in [0, 0.05) is 6.04 Å². The van der Waals surface area contributed by atoms with Gasteiger partial charge in [0.25, 0.3) is 0 Å². The van der Waals surface area contributed by atoms with E-state index in [1.165, 1.54) is 36.3 Å². The summed E-state index contributed by atoms with van der Waals surface area (Å²) < 4.78 is 0. The van der Waals surface area contributed by atoms with Gasteiger partial charge in [-0.05, 0) is 30.0 Å². The van der Waals surface area contributed by atoms with Crippen LogP contribution in [0.25, 0.3) is 0 Å². The first-order chi connectivity index (χ1) is 9.07. The molecule has 0 atom stereocenters. The summed E-state index contributed by atoms with van der Waals surface area (Å²) in [6, 6.07) is 9.04. The van der Waals surface area contributed by atoms with Crippen molar-refractivity contribution >= 4 is 16.1 Å². The SMILES string of the molecule is CC[Si](C#CC#CC[Si](CC)(CC)CC)(CC)CC. The molecule has 0 radical (unpaired) electrons. The van der Waals surface area contributed by atoms with E-state index in [2.05, 4.69) is 64.8 Å². The van der Waals surface area contributed by atoms with Gasteiger partial charge in [-0.1, -0.05) is 65.6 Å². The van der Waals surface area contributed by atoms with Crippen molar-refractivity contribution in [1.29, 1.82) is 0 Å². The third kappa shape index (κ3) is 5.59. The fraction of sp³-hybridized carbons (Fsp3) is 0.765.